The van der Waals surface area contributed by atoms with E-state index in [1.165, 1.54) is 17.7 Å². The molecule has 0 spiro atoms. The number of thioether (sulfide) groups is 1. The summed E-state index contributed by atoms with van der Waals surface area (Å²) in [4.78, 5) is 11.9. The second kappa shape index (κ2) is 10.4. The molecule has 1 aliphatic heterocycles. The van der Waals surface area contributed by atoms with Gasteiger partial charge in [-0.3, -0.25) is 4.99 Å². The van der Waals surface area contributed by atoms with E-state index in [0.717, 1.165) is 50.9 Å². The Hall–Kier alpha value is -1.95. The highest BCUT2D eigenvalue weighted by molar-refractivity contribution is 8.00. The Balaban J connectivity index is 1.60. The van der Waals surface area contributed by atoms with E-state index in [1.807, 2.05) is 6.20 Å². The van der Waals surface area contributed by atoms with Crippen molar-refractivity contribution in [2.24, 2.45) is 4.99 Å². The number of nitrogens with zero attached hydrogens (tertiary/aromatic N) is 4. The Morgan fingerprint density at radius 1 is 1.30 bits per heavy atom. The van der Waals surface area contributed by atoms with Gasteiger partial charge >= 0.3 is 0 Å². The number of nitrogens with one attached hydrogen (secondary N) is 1. The van der Waals surface area contributed by atoms with Crippen molar-refractivity contribution in [3.05, 3.63) is 54.1 Å². The monoisotopic (exact) mass is 385 g/mol. The molecule has 27 heavy (non-hydrogen) atoms. The maximum absolute atomic E-state index is 4.90. The van der Waals surface area contributed by atoms with Gasteiger partial charge in [0.2, 0.25) is 0 Å². The molecule has 0 saturated carbocycles. The van der Waals surface area contributed by atoms with Gasteiger partial charge in [0.05, 0.1) is 0 Å². The molecule has 2 heterocycles. The van der Waals surface area contributed by atoms with Crippen LogP contribution in [0.15, 0.2) is 47.7 Å². The van der Waals surface area contributed by atoms with Crippen LogP contribution in [0, 0.1) is 0 Å². The van der Waals surface area contributed by atoms with E-state index in [-0.39, 0.29) is 0 Å². The van der Waals surface area contributed by atoms with Crippen molar-refractivity contribution in [2.45, 2.75) is 38.5 Å². The fourth-order valence-electron chi connectivity index (χ4n) is 3.34. The van der Waals surface area contributed by atoms with Crippen LogP contribution in [0.3, 0.4) is 0 Å². The van der Waals surface area contributed by atoms with Gasteiger partial charge in [-0.2, -0.15) is 11.8 Å². The van der Waals surface area contributed by atoms with Crippen LogP contribution >= 0.6 is 11.8 Å². The maximum Gasteiger partial charge on any atom is 0.193 e. The second-order valence-corrected chi connectivity index (χ2v) is 8.20. The standard InChI is InChI=1S/C21H31N5S/c1-3-19-17-26(14-15-27-19)21(22-4-2)24-11-10-20-23-12-13-25(20)16-18-8-6-5-7-9-18/h5-9,12-13,19H,3-4,10-11,14-17H2,1-2H3,(H,22,24). The molecule has 1 aromatic heterocycles. The van der Waals surface area contributed by atoms with Crippen molar-refractivity contribution in [3.63, 3.8) is 0 Å². The largest absolute Gasteiger partial charge is 0.357 e. The SMILES string of the molecule is CCNC(=NCCc1nccn1Cc1ccccc1)N1CCSC(CC)C1. The molecule has 5 nitrogen and oxygen atoms in total. The normalized spacial score (nSPS) is 17.9. The quantitative estimate of drug-likeness (QED) is 0.587. The molecule has 6 heteroatoms. The minimum atomic E-state index is 0.715. The Morgan fingerprint density at radius 3 is 2.93 bits per heavy atom. The summed E-state index contributed by atoms with van der Waals surface area (Å²) in [6, 6.07) is 10.5. The van der Waals surface area contributed by atoms with E-state index >= 15 is 0 Å². The lowest BCUT2D eigenvalue weighted by Gasteiger charge is -2.34. The molecule has 3 rings (SSSR count). The van der Waals surface area contributed by atoms with Gasteiger partial charge in [0.1, 0.15) is 5.82 Å². The van der Waals surface area contributed by atoms with Crippen LogP contribution < -0.4 is 5.32 Å². The summed E-state index contributed by atoms with van der Waals surface area (Å²) in [6.45, 7) is 9.11. The molecule has 1 N–H and O–H groups in total. The second-order valence-electron chi connectivity index (χ2n) is 6.79. The molecule has 146 valence electrons. The van der Waals surface area contributed by atoms with Crippen molar-refractivity contribution >= 4 is 17.7 Å². The summed E-state index contributed by atoms with van der Waals surface area (Å²) in [5, 5.41) is 4.19. The molecule has 1 unspecified atom stereocenters. The van der Waals surface area contributed by atoms with Gasteiger partial charge in [0.25, 0.3) is 0 Å². The molecule has 1 atom stereocenters. The molecule has 2 aromatic rings. The van der Waals surface area contributed by atoms with Crippen LogP contribution in [0.25, 0.3) is 0 Å². The van der Waals surface area contributed by atoms with E-state index in [9.17, 15) is 0 Å². The number of aromatic nitrogens is 2. The third kappa shape index (κ3) is 5.76. The summed E-state index contributed by atoms with van der Waals surface area (Å²) in [7, 11) is 0. The van der Waals surface area contributed by atoms with Crippen molar-refractivity contribution in [2.75, 3.05) is 31.9 Å². The smallest absolute Gasteiger partial charge is 0.193 e. The van der Waals surface area contributed by atoms with E-state index < -0.39 is 0 Å². The van der Waals surface area contributed by atoms with Crippen LogP contribution in [0.2, 0.25) is 0 Å². The zero-order valence-corrected chi connectivity index (χ0v) is 17.3. The van der Waals surface area contributed by atoms with Gasteiger partial charge in [-0.05, 0) is 18.9 Å². The summed E-state index contributed by atoms with van der Waals surface area (Å²) in [5.41, 5.74) is 1.30. The highest BCUT2D eigenvalue weighted by Gasteiger charge is 2.21. The zero-order valence-electron chi connectivity index (χ0n) is 16.5. The molecule has 0 radical (unpaired) electrons. The maximum atomic E-state index is 4.90. The van der Waals surface area contributed by atoms with Crippen molar-refractivity contribution in [1.82, 2.24) is 19.8 Å². The number of rotatable bonds is 7. The fourth-order valence-corrected chi connectivity index (χ4v) is 4.52. The van der Waals surface area contributed by atoms with E-state index in [1.54, 1.807) is 0 Å². The Morgan fingerprint density at radius 2 is 2.15 bits per heavy atom. The molecule has 1 aromatic carbocycles. The number of imidazole rings is 1. The average molecular weight is 386 g/mol. The lowest BCUT2D eigenvalue weighted by molar-refractivity contribution is 0.408. The molecule has 1 fully saturated rings. The topological polar surface area (TPSA) is 45.5 Å². The van der Waals surface area contributed by atoms with Crippen LogP contribution in [-0.2, 0) is 13.0 Å². The van der Waals surface area contributed by atoms with Gasteiger partial charge in [-0.15, -0.1) is 0 Å². The Bertz CT molecular complexity index is 712. The lowest BCUT2D eigenvalue weighted by atomic mass is 10.2. The summed E-state index contributed by atoms with van der Waals surface area (Å²) in [6.07, 6.45) is 6.03. The van der Waals surface area contributed by atoms with E-state index in [2.05, 4.69) is 81.9 Å². The number of aliphatic imine (C=N–C) groups is 1. The number of guanidine groups is 1. The minimum Gasteiger partial charge on any atom is -0.357 e. The molecule has 0 amide bonds. The first-order chi connectivity index (χ1) is 13.3. The van der Waals surface area contributed by atoms with Gasteiger partial charge in [-0.1, -0.05) is 37.3 Å². The predicted octanol–water partition coefficient (Wildman–Crippen LogP) is 3.27. The van der Waals surface area contributed by atoms with Crippen LogP contribution in [0.1, 0.15) is 31.7 Å². The first-order valence-electron chi connectivity index (χ1n) is 9.99. The molecular weight excluding hydrogens is 354 g/mol. The van der Waals surface area contributed by atoms with Gasteiger partial charge in [0.15, 0.2) is 5.96 Å². The van der Waals surface area contributed by atoms with Gasteiger partial charge < -0.3 is 14.8 Å². The van der Waals surface area contributed by atoms with Crippen LogP contribution in [-0.4, -0.2) is 57.6 Å². The summed E-state index contributed by atoms with van der Waals surface area (Å²) in [5.74, 6) is 3.33. The fraction of sp³-hybridized carbons (Fsp3) is 0.524. The summed E-state index contributed by atoms with van der Waals surface area (Å²) >= 11 is 2.09. The molecule has 1 saturated heterocycles. The molecule has 1 aliphatic rings. The third-order valence-corrected chi connectivity index (χ3v) is 6.20. The Kier molecular flexibility index (Phi) is 7.63. The third-order valence-electron chi connectivity index (χ3n) is 4.82. The Labute approximate surface area is 167 Å². The molecule has 0 aliphatic carbocycles. The lowest BCUT2D eigenvalue weighted by Crippen LogP contribution is -2.48. The van der Waals surface area contributed by atoms with Crippen molar-refractivity contribution in [1.29, 1.82) is 0 Å². The number of benzene rings is 1. The highest BCUT2D eigenvalue weighted by Crippen LogP contribution is 2.21. The number of hydrogen-bond donors (Lipinski definition) is 1. The molecule has 0 bridgehead atoms. The number of hydrogen-bond acceptors (Lipinski definition) is 3. The zero-order chi connectivity index (χ0) is 18.9. The first-order valence-corrected chi connectivity index (χ1v) is 11.0. The van der Waals surface area contributed by atoms with E-state index in [4.69, 9.17) is 4.99 Å². The summed E-state index contributed by atoms with van der Waals surface area (Å²) < 4.78 is 2.22. The van der Waals surface area contributed by atoms with Crippen molar-refractivity contribution in [3.8, 4) is 0 Å². The first kappa shape index (κ1) is 19.8. The van der Waals surface area contributed by atoms with Crippen molar-refractivity contribution < 1.29 is 0 Å². The predicted molar refractivity (Wildman–Crippen MR) is 116 cm³/mol. The van der Waals surface area contributed by atoms with E-state index in [0.29, 0.717) is 5.25 Å². The molecular formula is C21H31N5S. The average Bonchev–Trinajstić information content (AvgIpc) is 3.15. The highest BCUT2D eigenvalue weighted by atomic mass is 32.2. The van der Waals surface area contributed by atoms with Gasteiger partial charge in [0, 0.05) is 62.5 Å². The van der Waals surface area contributed by atoms with Crippen LogP contribution in [0.4, 0.5) is 0 Å². The minimum absolute atomic E-state index is 0.715. The van der Waals surface area contributed by atoms with Gasteiger partial charge in [-0.25, -0.2) is 4.98 Å². The van der Waals surface area contributed by atoms with Crippen LogP contribution in [0.5, 0.6) is 0 Å².